The van der Waals surface area contributed by atoms with Gasteiger partial charge in [0.05, 0.1) is 18.3 Å². The minimum atomic E-state index is -1.31. The van der Waals surface area contributed by atoms with Gasteiger partial charge in [-0.05, 0) is 55.3 Å². The van der Waals surface area contributed by atoms with Crippen LogP contribution in [0.25, 0.3) is 0 Å². The third-order valence-electron chi connectivity index (χ3n) is 8.46. The van der Waals surface area contributed by atoms with E-state index in [1.165, 1.54) is 5.57 Å². The lowest BCUT2D eigenvalue weighted by Crippen LogP contribution is -2.58. The van der Waals surface area contributed by atoms with E-state index >= 15 is 0 Å². The van der Waals surface area contributed by atoms with Gasteiger partial charge in [0.2, 0.25) is 0 Å². The normalized spacial score (nSPS) is 57.7. The summed E-state index contributed by atoms with van der Waals surface area (Å²) in [7, 11) is 0. The highest BCUT2D eigenvalue weighted by Crippen LogP contribution is 2.66. The van der Waals surface area contributed by atoms with Crippen LogP contribution >= 0.6 is 0 Å². The lowest BCUT2D eigenvalue weighted by molar-refractivity contribution is -0.136. The second-order valence-corrected chi connectivity index (χ2v) is 9.44. The Morgan fingerprint density at radius 2 is 1.88 bits per heavy atom. The van der Waals surface area contributed by atoms with Crippen molar-refractivity contribution < 1.29 is 20.4 Å². The van der Waals surface area contributed by atoms with Gasteiger partial charge in [-0.3, -0.25) is 0 Å². The number of hydrogen-bond acceptors (Lipinski definition) is 4. The summed E-state index contributed by atoms with van der Waals surface area (Å²) in [6.45, 7) is 4.24. The van der Waals surface area contributed by atoms with Gasteiger partial charge in [-0.25, -0.2) is 0 Å². The molecule has 4 N–H and O–H groups in total. The zero-order chi connectivity index (χ0) is 18.2. The van der Waals surface area contributed by atoms with Gasteiger partial charge in [0.25, 0.3) is 0 Å². The number of fused-ring (bicyclic) bond motifs is 5. The average Bonchev–Trinajstić information content (AvgIpc) is 2.76. The Bertz CT molecular complexity index is 651. The van der Waals surface area contributed by atoms with E-state index in [0.29, 0.717) is 6.42 Å². The van der Waals surface area contributed by atoms with E-state index in [1.807, 2.05) is 13.0 Å². The Labute approximate surface area is 150 Å². The molecular weight excluding hydrogens is 316 g/mol. The van der Waals surface area contributed by atoms with Gasteiger partial charge < -0.3 is 20.4 Å². The van der Waals surface area contributed by atoms with Crippen molar-refractivity contribution >= 4 is 0 Å². The summed E-state index contributed by atoms with van der Waals surface area (Å²) < 4.78 is 0. The molecule has 0 heterocycles. The Kier molecular flexibility index (Phi) is 3.74. The van der Waals surface area contributed by atoms with Gasteiger partial charge in [-0.1, -0.05) is 31.4 Å². The molecule has 0 aromatic heterocycles. The molecule has 0 aliphatic heterocycles. The topological polar surface area (TPSA) is 80.9 Å². The predicted octanol–water partition coefficient (Wildman–Crippen LogP) is 1.62. The van der Waals surface area contributed by atoms with Crippen molar-refractivity contribution in [2.45, 2.75) is 76.3 Å². The number of terminal acetylenes is 1. The Hall–Kier alpha value is -0.860. The summed E-state index contributed by atoms with van der Waals surface area (Å²) in [5, 5.41) is 42.8. The monoisotopic (exact) mass is 346 g/mol. The number of aliphatic hydroxyl groups excluding tert-OH is 3. The first-order valence-corrected chi connectivity index (χ1v) is 9.62. The molecule has 0 bridgehead atoms. The minimum absolute atomic E-state index is 0.0406. The van der Waals surface area contributed by atoms with E-state index in [1.54, 1.807) is 0 Å². The van der Waals surface area contributed by atoms with Crippen molar-refractivity contribution in [1.29, 1.82) is 0 Å². The van der Waals surface area contributed by atoms with Crippen molar-refractivity contribution in [3.63, 3.8) is 0 Å². The summed E-state index contributed by atoms with van der Waals surface area (Å²) in [5.74, 6) is 2.51. The number of hydrogen-bond donors (Lipinski definition) is 4. The molecule has 9 atom stereocenters. The van der Waals surface area contributed by atoms with Gasteiger partial charge in [0.1, 0.15) is 5.60 Å². The minimum Gasteiger partial charge on any atom is -0.393 e. The van der Waals surface area contributed by atoms with Crippen LogP contribution in [-0.4, -0.2) is 44.3 Å². The maximum Gasteiger partial charge on any atom is 0.133 e. The fraction of sp³-hybridized carbons (Fsp3) is 0.810. The molecule has 0 aromatic carbocycles. The lowest BCUT2D eigenvalue weighted by Gasteiger charge is -2.59. The molecule has 4 aliphatic carbocycles. The molecule has 0 aromatic rings. The summed E-state index contributed by atoms with van der Waals surface area (Å²) in [4.78, 5) is 0. The Balaban J connectivity index is 1.78. The van der Waals surface area contributed by atoms with Crippen LogP contribution < -0.4 is 0 Å². The van der Waals surface area contributed by atoms with Crippen LogP contribution in [0.3, 0.4) is 0 Å². The third-order valence-corrected chi connectivity index (χ3v) is 8.46. The van der Waals surface area contributed by atoms with Crippen LogP contribution in [0.15, 0.2) is 11.6 Å². The molecule has 4 nitrogen and oxygen atoms in total. The third kappa shape index (κ3) is 2.10. The molecule has 4 rings (SSSR count). The molecule has 3 unspecified atom stereocenters. The second kappa shape index (κ2) is 5.33. The van der Waals surface area contributed by atoms with Crippen molar-refractivity contribution in [2.24, 2.45) is 28.6 Å². The van der Waals surface area contributed by atoms with Crippen LogP contribution in [-0.2, 0) is 0 Å². The van der Waals surface area contributed by atoms with Crippen LogP contribution in [0.2, 0.25) is 0 Å². The van der Waals surface area contributed by atoms with Crippen LogP contribution in [0.1, 0.15) is 52.4 Å². The van der Waals surface area contributed by atoms with Gasteiger partial charge in [0, 0.05) is 11.8 Å². The van der Waals surface area contributed by atoms with Crippen molar-refractivity contribution in [1.82, 2.24) is 0 Å². The largest absolute Gasteiger partial charge is 0.393 e. The maximum atomic E-state index is 11.0. The zero-order valence-electron chi connectivity index (χ0n) is 15.2. The lowest BCUT2D eigenvalue weighted by atomic mass is 9.46. The first-order valence-electron chi connectivity index (χ1n) is 9.62. The molecule has 0 spiro atoms. The standard InChI is InChI=1S/C21H30O4/c1-4-21(25)11-16(24)18-17-14(6-8-20(18,21)3)19(2)7-5-13(22)9-12(19)10-15(17)23/h1,10,13-18,22-25H,5-9,11H2,2-3H3/t13-,14?,15+,16+,17?,18?,19+,20+,21+/m1/s1. The first kappa shape index (κ1) is 17.5. The quantitative estimate of drug-likeness (QED) is 0.397. The molecule has 3 saturated carbocycles. The summed E-state index contributed by atoms with van der Waals surface area (Å²) in [5.41, 5.74) is -0.751. The van der Waals surface area contributed by atoms with Gasteiger partial charge in [0.15, 0.2) is 0 Å². The summed E-state index contributed by atoms with van der Waals surface area (Å²) in [6, 6.07) is 0. The average molecular weight is 346 g/mol. The smallest absolute Gasteiger partial charge is 0.133 e. The maximum absolute atomic E-state index is 11.0. The molecule has 4 heteroatoms. The summed E-state index contributed by atoms with van der Waals surface area (Å²) >= 11 is 0. The highest BCUT2D eigenvalue weighted by Gasteiger charge is 2.67. The van der Waals surface area contributed by atoms with E-state index in [9.17, 15) is 20.4 Å². The van der Waals surface area contributed by atoms with E-state index in [2.05, 4.69) is 12.8 Å². The van der Waals surface area contributed by atoms with E-state index < -0.39 is 23.2 Å². The highest BCUT2D eigenvalue weighted by molar-refractivity contribution is 5.31. The predicted molar refractivity (Wildman–Crippen MR) is 94.3 cm³/mol. The van der Waals surface area contributed by atoms with E-state index in [-0.39, 0.29) is 35.7 Å². The highest BCUT2D eigenvalue weighted by atomic mass is 16.3. The van der Waals surface area contributed by atoms with Crippen molar-refractivity contribution in [3.8, 4) is 12.3 Å². The fourth-order valence-corrected chi connectivity index (χ4v) is 6.95. The van der Waals surface area contributed by atoms with Gasteiger partial charge in [-0.2, -0.15) is 0 Å². The Morgan fingerprint density at radius 3 is 2.56 bits per heavy atom. The molecule has 138 valence electrons. The summed E-state index contributed by atoms with van der Waals surface area (Å²) in [6.07, 6.45) is 10.1. The molecule has 4 aliphatic rings. The molecular formula is C21H30O4. The molecule has 3 fully saturated rings. The fourth-order valence-electron chi connectivity index (χ4n) is 6.95. The molecule has 0 saturated heterocycles. The van der Waals surface area contributed by atoms with Gasteiger partial charge >= 0.3 is 0 Å². The van der Waals surface area contributed by atoms with Gasteiger partial charge in [-0.15, -0.1) is 6.42 Å². The molecule has 0 radical (unpaired) electrons. The van der Waals surface area contributed by atoms with Crippen molar-refractivity contribution in [3.05, 3.63) is 11.6 Å². The van der Waals surface area contributed by atoms with E-state index in [0.717, 1.165) is 25.7 Å². The molecule has 25 heavy (non-hydrogen) atoms. The number of aliphatic hydroxyl groups is 4. The second-order valence-electron chi connectivity index (χ2n) is 9.44. The number of rotatable bonds is 0. The van der Waals surface area contributed by atoms with Crippen LogP contribution in [0.5, 0.6) is 0 Å². The van der Waals surface area contributed by atoms with Crippen LogP contribution in [0, 0.1) is 40.9 Å². The van der Waals surface area contributed by atoms with Crippen LogP contribution in [0.4, 0.5) is 0 Å². The zero-order valence-corrected chi connectivity index (χ0v) is 15.2. The van der Waals surface area contributed by atoms with E-state index in [4.69, 9.17) is 6.42 Å². The molecule has 0 amide bonds. The Morgan fingerprint density at radius 1 is 1.16 bits per heavy atom. The van der Waals surface area contributed by atoms with Crippen molar-refractivity contribution in [2.75, 3.05) is 0 Å². The SMILES string of the molecule is C#C[C@]1(O)C[C@H](O)C2C3C(CC[C@@]21C)[C@@]1(C)CC[C@@H](O)CC1=C[C@@H]3O. The first-order chi connectivity index (χ1) is 11.7.